The van der Waals surface area contributed by atoms with Crippen molar-refractivity contribution in [2.75, 3.05) is 10.8 Å². The van der Waals surface area contributed by atoms with Crippen LogP contribution in [0.1, 0.15) is 30.7 Å². The second kappa shape index (κ2) is 10.1. The van der Waals surface area contributed by atoms with E-state index in [0.29, 0.717) is 5.56 Å². The van der Waals surface area contributed by atoms with Gasteiger partial charge in [0.1, 0.15) is 17.1 Å². The third kappa shape index (κ3) is 5.41. The van der Waals surface area contributed by atoms with Gasteiger partial charge in [-0.3, -0.25) is 8.99 Å². The molecule has 0 unspecified atom stereocenters. The van der Waals surface area contributed by atoms with Crippen molar-refractivity contribution in [3.63, 3.8) is 0 Å². The molecule has 0 saturated carbocycles. The molecule has 1 radical (unpaired) electrons. The molecule has 1 aromatic carbocycles. The van der Waals surface area contributed by atoms with Gasteiger partial charge in [0.2, 0.25) is 0 Å². The first-order valence-electron chi connectivity index (χ1n) is 8.15. The van der Waals surface area contributed by atoms with E-state index >= 15 is 0 Å². The maximum Gasteiger partial charge on any atom is 0.407 e. The van der Waals surface area contributed by atoms with Crippen molar-refractivity contribution in [1.29, 1.82) is 0 Å². The van der Waals surface area contributed by atoms with Gasteiger partial charge in [-0.15, -0.1) is 0 Å². The number of nitrogens with zero attached hydrogens (tertiary/aromatic N) is 3. The van der Waals surface area contributed by atoms with Crippen molar-refractivity contribution in [1.82, 2.24) is 9.78 Å². The molecule has 1 N–H and O–H groups in total. The minimum Gasteiger partial charge on any atom is -0.504 e. The number of sulfonamides is 1. The second-order valence-electron chi connectivity index (χ2n) is 5.66. The molecule has 3 rings (SSSR count). The number of hydrogen-bond donors (Lipinski definition) is 1. The number of aryl methyl sites for hydroxylation is 2. The van der Waals surface area contributed by atoms with E-state index in [9.17, 15) is 26.7 Å². The number of fused-ring (bicyclic) bond motifs is 1. The molecule has 0 fully saturated rings. The summed E-state index contributed by atoms with van der Waals surface area (Å²) in [6, 6.07) is 6.23. The van der Waals surface area contributed by atoms with Crippen LogP contribution in [-0.4, -0.2) is 36.0 Å². The second-order valence-corrected chi connectivity index (χ2v) is 7.46. The average Bonchev–Trinajstić information content (AvgIpc) is 2.96. The molecule has 11 heteroatoms. The Balaban J connectivity index is 0.00000190. The van der Waals surface area contributed by atoms with E-state index in [1.165, 1.54) is 13.1 Å². The number of aliphatic hydroxyl groups is 1. The van der Waals surface area contributed by atoms with Crippen LogP contribution in [0, 0.1) is 14.4 Å². The Morgan fingerprint density at radius 3 is 2.24 bits per heavy atom. The Morgan fingerprint density at radius 1 is 1.17 bits per heavy atom. The van der Waals surface area contributed by atoms with Crippen LogP contribution in [0.4, 0.5) is 18.9 Å². The quantitative estimate of drug-likeness (QED) is 0.616. The van der Waals surface area contributed by atoms with Gasteiger partial charge in [-0.2, -0.15) is 18.3 Å². The predicted molar refractivity (Wildman–Crippen MR) is 104 cm³/mol. The van der Waals surface area contributed by atoms with Gasteiger partial charge in [-0.25, -0.2) is 8.42 Å². The Labute approximate surface area is 194 Å². The molecule has 0 bridgehead atoms. The Bertz CT molecular complexity index is 986. The molecule has 0 amide bonds. The molecule has 6 nitrogen and oxygen atoms in total. The van der Waals surface area contributed by atoms with E-state index in [1.807, 2.05) is 13.8 Å². The molecule has 29 heavy (non-hydrogen) atoms. The predicted octanol–water partition coefficient (Wildman–Crippen LogP) is 4.30. The molecule has 0 aliphatic carbocycles. The monoisotopic (exact) mass is 507 g/mol. The smallest absolute Gasteiger partial charge is 0.407 e. The molecule has 1 aliphatic rings. The summed E-state index contributed by atoms with van der Waals surface area (Å²) in [5, 5.41) is 14.4. The van der Waals surface area contributed by atoms with Crippen LogP contribution >= 0.6 is 0 Å². The summed E-state index contributed by atoms with van der Waals surface area (Å²) in [5.74, 6) is -0.664. The van der Waals surface area contributed by atoms with E-state index in [2.05, 4.69) is 5.10 Å². The number of rotatable bonds is 2. The summed E-state index contributed by atoms with van der Waals surface area (Å²) in [7, 11) is -3.20. The summed E-state index contributed by atoms with van der Waals surface area (Å²) in [5.41, 5.74) is 0.108. The number of halogens is 3. The first kappa shape index (κ1) is 27.6. The van der Waals surface area contributed by atoms with Crippen molar-refractivity contribution in [3.05, 3.63) is 54.7 Å². The van der Waals surface area contributed by atoms with Gasteiger partial charge in [-0.05, 0) is 12.5 Å². The van der Waals surface area contributed by atoms with Crippen molar-refractivity contribution in [2.45, 2.75) is 26.9 Å². The zero-order valence-corrected chi connectivity index (χ0v) is 20.5. The minimum atomic E-state index is -4.76. The van der Waals surface area contributed by atoms with Crippen LogP contribution in [-0.2, 0) is 49.8 Å². The van der Waals surface area contributed by atoms with Crippen molar-refractivity contribution in [2.24, 2.45) is 7.05 Å². The zero-order valence-electron chi connectivity index (χ0n) is 16.8. The summed E-state index contributed by atoms with van der Waals surface area (Å²) in [4.78, 5) is -0.582. The molecule has 159 valence electrons. The summed E-state index contributed by atoms with van der Waals surface area (Å²) in [6.07, 6.45) is -3.63. The third-order valence-electron chi connectivity index (χ3n) is 3.78. The van der Waals surface area contributed by atoms with Gasteiger partial charge in [0.05, 0.1) is 0 Å². The molecule has 1 aromatic heterocycles. The average molecular weight is 507 g/mol. The first-order valence-corrected chi connectivity index (χ1v) is 9.59. The van der Waals surface area contributed by atoms with E-state index in [4.69, 9.17) is 0 Å². The molecule has 0 spiro atoms. The van der Waals surface area contributed by atoms with E-state index in [-0.39, 0.29) is 61.4 Å². The van der Waals surface area contributed by atoms with Crippen LogP contribution in [0.5, 0.6) is 0 Å². The van der Waals surface area contributed by atoms with Gasteiger partial charge in [0.15, 0.2) is 11.5 Å². The van der Waals surface area contributed by atoms with Gasteiger partial charge < -0.3 is 12.5 Å². The Morgan fingerprint density at radius 2 is 1.72 bits per heavy atom. The Hall–Kier alpha value is -1.39. The fourth-order valence-electron chi connectivity index (χ4n) is 2.72. The fourth-order valence-corrected chi connectivity index (χ4v) is 4.50. The van der Waals surface area contributed by atoms with Crippen molar-refractivity contribution < 1.29 is 59.4 Å². The normalized spacial score (nSPS) is 14.8. The molecule has 1 aliphatic heterocycles. The van der Waals surface area contributed by atoms with Gasteiger partial charge in [0, 0.05) is 51.5 Å². The molecule has 2 aromatic rings. The standard InChI is InChI=1S/C15H14F3N3O3S.C2H6.CH3.Y/c1-9-5-3-4-6-10(9)14-13(22)12-11(7-20(2)19-12)21(25(14,23)24)8-15(16,17)18;1-2;;/h3-7,22H,8H2,1-2H3;1-2H3;1H3;/q;;-1;. The van der Waals surface area contributed by atoms with Crippen molar-refractivity contribution >= 4 is 26.4 Å². The number of aromatic nitrogens is 2. The minimum absolute atomic E-state index is 0. The Kier molecular flexibility index (Phi) is 9.60. The van der Waals surface area contributed by atoms with Crippen LogP contribution in [0.3, 0.4) is 0 Å². The summed E-state index contributed by atoms with van der Waals surface area (Å²) >= 11 is 0. The summed E-state index contributed by atoms with van der Waals surface area (Å²) < 4.78 is 66.1. The molecule has 0 saturated heterocycles. The summed E-state index contributed by atoms with van der Waals surface area (Å²) in [6.45, 7) is 3.89. The maximum atomic E-state index is 13.0. The van der Waals surface area contributed by atoms with Gasteiger partial charge >= 0.3 is 6.18 Å². The van der Waals surface area contributed by atoms with E-state index in [1.54, 1.807) is 25.1 Å². The fraction of sp³-hybridized carbons (Fsp3) is 0.333. The first-order chi connectivity index (χ1) is 12.5. The molecule has 2 heterocycles. The van der Waals surface area contributed by atoms with Crippen LogP contribution in [0.25, 0.3) is 10.7 Å². The van der Waals surface area contributed by atoms with E-state index in [0.717, 1.165) is 10.9 Å². The molecular formula is C18H23F3N3O3SY-. The number of alkyl halides is 3. The number of aliphatic hydroxyl groups excluding tert-OH is 1. The van der Waals surface area contributed by atoms with Gasteiger partial charge in [-0.1, -0.05) is 38.1 Å². The SMILES string of the molecule is CC.Cc1ccccc1C1=C(O)c2nn(C)cc2N(CC(F)(F)F)S1(=O)=O.[CH3-].[Y]. The van der Waals surface area contributed by atoms with Crippen LogP contribution < -0.4 is 4.31 Å². The van der Waals surface area contributed by atoms with Gasteiger partial charge in [0.25, 0.3) is 10.0 Å². The van der Waals surface area contributed by atoms with Crippen LogP contribution in [0.2, 0.25) is 0 Å². The topological polar surface area (TPSA) is 75.4 Å². The largest absolute Gasteiger partial charge is 0.504 e. The van der Waals surface area contributed by atoms with E-state index < -0.39 is 33.4 Å². The third-order valence-corrected chi connectivity index (χ3v) is 5.61. The van der Waals surface area contributed by atoms with Crippen LogP contribution in [0.15, 0.2) is 30.5 Å². The maximum absolute atomic E-state index is 13.0. The zero-order chi connectivity index (χ0) is 20.6. The molecular weight excluding hydrogens is 484 g/mol. The number of anilines is 1. The number of hydrogen-bond acceptors (Lipinski definition) is 4. The number of benzene rings is 1. The molecule has 0 atom stereocenters. The van der Waals surface area contributed by atoms with Crippen molar-refractivity contribution in [3.8, 4) is 0 Å².